The number of H-pyrrole nitrogens is 1. The summed E-state index contributed by atoms with van der Waals surface area (Å²) in [5, 5.41) is 4.50. The fourth-order valence-electron chi connectivity index (χ4n) is 2.76. The third-order valence-electron chi connectivity index (χ3n) is 4.12. The number of ether oxygens (including phenoxy) is 1. The van der Waals surface area contributed by atoms with E-state index in [-0.39, 0.29) is 11.7 Å². The largest absolute Gasteiger partial charge is 0.457 e. The van der Waals surface area contributed by atoms with Gasteiger partial charge in [-0.1, -0.05) is 30.3 Å². The molecule has 3 aromatic rings. The molecule has 0 bridgehead atoms. The van der Waals surface area contributed by atoms with Crippen molar-refractivity contribution in [2.24, 2.45) is 5.16 Å². The van der Waals surface area contributed by atoms with Crippen molar-refractivity contribution in [3.05, 3.63) is 64.7 Å². The first-order valence-electron chi connectivity index (χ1n) is 8.21. The maximum Gasteiger partial charge on any atom is 0.259 e. The van der Waals surface area contributed by atoms with Crippen molar-refractivity contribution >= 4 is 16.6 Å². The Balaban J connectivity index is 1.65. The lowest BCUT2D eigenvalue weighted by Gasteiger charge is -2.09. The number of para-hydroxylation sites is 1. The Labute approximate surface area is 144 Å². The minimum atomic E-state index is -0.327. The molecule has 1 aliphatic rings. The van der Waals surface area contributed by atoms with E-state index in [1.54, 1.807) is 18.2 Å². The van der Waals surface area contributed by atoms with E-state index in [4.69, 9.17) is 9.57 Å². The van der Waals surface area contributed by atoms with Crippen LogP contribution < -0.4 is 10.3 Å². The van der Waals surface area contributed by atoms with E-state index in [0.717, 1.165) is 12.1 Å². The third kappa shape index (κ3) is 3.10. The van der Waals surface area contributed by atoms with Crippen LogP contribution >= 0.6 is 0 Å². The minimum absolute atomic E-state index is 0.216. The molecule has 0 fully saturated rings. The molecule has 0 amide bonds. The van der Waals surface area contributed by atoms with Crippen LogP contribution in [0.2, 0.25) is 0 Å². The van der Waals surface area contributed by atoms with Gasteiger partial charge in [-0.3, -0.25) is 4.79 Å². The van der Waals surface area contributed by atoms with Crippen LogP contribution in [0.4, 0.5) is 0 Å². The van der Waals surface area contributed by atoms with Crippen LogP contribution in [0.25, 0.3) is 10.9 Å². The lowest BCUT2D eigenvalue weighted by molar-refractivity contribution is 0.0792. The average Bonchev–Trinajstić information content (AvgIpc) is 3.12. The molecule has 0 radical (unpaired) electrons. The second-order valence-electron chi connectivity index (χ2n) is 5.85. The van der Waals surface area contributed by atoms with Crippen LogP contribution in [0.3, 0.4) is 0 Å². The van der Waals surface area contributed by atoms with Crippen LogP contribution in [0.1, 0.15) is 31.7 Å². The van der Waals surface area contributed by atoms with Gasteiger partial charge in [-0.05, 0) is 36.8 Å². The predicted molar refractivity (Wildman–Crippen MR) is 95.0 cm³/mol. The quantitative estimate of drug-likeness (QED) is 0.783. The number of rotatable bonds is 4. The number of aromatic amines is 1. The minimum Gasteiger partial charge on any atom is -0.457 e. The van der Waals surface area contributed by atoms with Gasteiger partial charge in [-0.2, -0.15) is 0 Å². The van der Waals surface area contributed by atoms with Crippen LogP contribution in [0, 0.1) is 0 Å². The van der Waals surface area contributed by atoms with E-state index < -0.39 is 0 Å². The van der Waals surface area contributed by atoms with Crippen molar-refractivity contribution < 1.29 is 9.57 Å². The second-order valence-corrected chi connectivity index (χ2v) is 5.85. The van der Waals surface area contributed by atoms with Gasteiger partial charge in [0.1, 0.15) is 11.5 Å². The fraction of sp³-hybridized carbons (Fsp3) is 0.211. The van der Waals surface area contributed by atoms with Gasteiger partial charge < -0.3 is 14.6 Å². The normalized spacial score (nSPS) is 16.5. The molecule has 1 aromatic heterocycles. The van der Waals surface area contributed by atoms with Crippen LogP contribution in [0.15, 0.2) is 58.5 Å². The van der Waals surface area contributed by atoms with Crippen LogP contribution in [-0.4, -0.2) is 15.7 Å². The smallest absolute Gasteiger partial charge is 0.259 e. The van der Waals surface area contributed by atoms with Gasteiger partial charge in [-0.25, -0.2) is 4.98 Å². The number of aromatic nitrogens is 2. The SMILES string of the molecule is CCC1=NO[C@@H](c2nc3ccc(Oc4ccccc4)cc3c(=O)[nH]2)C1. The second kappa shape index (κ2) is 6.39. The maximum atomic E-state index is 12.5. The summed E-state index contributed by atoms with van der Waals surface area (Å²) in [6, 6.07) is 14.7. The molecule has 0 saturated carbocycles. The van der Waals surface area contributed by atoms with Gasteiger partial charge in [0.15, 0.2) is 11.9 Å². The van der Waals surface area contributed by atoms with Crippen LogP contribution in [0.5, 0.6) is 11.5 Å². The Morgan fingerprint density at radius 1 is 1.20 bits per heavy atom. The molecule has 0 unspecified atom stereocenters. The average molecular weight is 335 g/mol. The van der Waals surface area contributed by atoms with Crippen LogP contribution in [-0.2, 0) is 4.84 Å². The van der Waals surface area contributed by atoms with E-state index in [1.165, 1.54) is 0 Å². The molecule has 25 heavy (non-hydrogen) atoms. The lowest BCUT2D eigenvalue weighted by Crippen LogP contribution is -2.15. The molecule has 6 nitrogen and oxygen atoms in total. The summed E-state index contributed by atoms with van der Waals surface area (Å²) < 4.78 is 5.78. The highest BCUT2D eigenvalue weighted by molar-refractivity contribution is 5.85. The Morgan fingerprint density at radius 2 is 2.04 bits per heavy atom. The monoisotopic (exact) mass is 335 g/mol. The molecule has 2 heterocycles. The lowest BCUT2D eigenvalue weighted by atomic mass is 10.1. The van der Waals surface area contributed by atoms with Gasteiger partial charge in [0, 0.05) is 6.42 Å². The van der Waals surface area contributed by atoms with Gasteiger partial charge in [0.05, 0.1) is 16.6 Å². The number of nitrogens with one attached hydrogen (secondary N) is 1. The highest BCUT2D eigenvalue weighted by atomic mass is 16.6. The van der Waals surface area contributed by atoms with Crippen molar-refractivity contribution in [3.63, 3.8) is 0 Å². The van der Waals surface area contributed by atoms with Crippen molar-refractivity contribution in [1.29, 1.82) is 0 Å². The van der Waals surface area contributed by atoms with Crippen molar-refractivity contribution in [2.75, 3.05) is 0 Å². The topological polar surface area (TPSA) is 76.6 Å². The first-order chi connectivity index (χ1) is 12.2. The molecule has 1 aliphatic heterocycles. The maximum absolute atomic E-state index is 12.5. The van der Waals surface area contributed by atoms with E-state index in [9.17, 15) is 4.79 Å². The zero-order valence-corrected chi connectivity index (χ0v) is 13.7. The number of benzene rings is 2. The standard InChI is InChI=1S/C19H17N3O3/c1-2-12-10-17(25-22-12)18-20-16-9-8-14(11-15(16)19(23)21-18)24-13-6-4-3-5-7-13/h3-9,11,17H,2,10H2,1H3,(H,20,21,23)/t17-/m1/s1. The molecule has 2 aromatic carbocycles. The zero-order valence-electron chi connectivity index (χ0n) is 13.7. The summed E-state index contributed by atoms with van der Waals surface area (Å²) in [4.78, 5) is 25.2. The molecule has 126 valence electrons. The molecule has 1 N–H and O–H groups in total. The summed E-state index contributed by atoms with van der Waals surface area (Å²) in [6.45, 7) is 2.02. The third-order valence-corrected chi connectivity index (χ3v) is 4.12. The molecular formula is C19H17N3O3. The Kier molecular flexibility index (Phi) is 3.93. The highest BCUT2D eigenvalue weighted by Gasteiger charge is 2.24. The molecule has 6 heteroatoms. The number of nitrogens with zero attached hydrogens (tertiary/aromatic N) is 2. The molecule has 0 saturated heterocycles. The Bertz CT molecular complexity index is 996. The number of hydrogen-bond donors (Lipinski definition) is 1. The van der Waals surface area contributed by atoms with E-state index in [1.807, 2.05) is 37.3 Å². The van der Waals surface area contributed by atoms with Gasteiger partial charge in [0.2, 0.25) is 0 Å². The van der Waals surface area contributed by atoms with E-state index >= 15 is 0 Å². The molecule has 0 aliphatic carbocycles. The summed E-state index contributed by atoms with van der Waals surface area (Å²) in [5.74, 6) is 1.81. The Morgan fingerprint density at radius 3 is 2.80 bits per heavy atom. The molecule has 1 atom stereocenters. The first-order valence-corrected chi connectivity index (χ1v) is 8.21. The van der Waals surface area contributed by atoms with E-state index in [0.29, 0.717) is 34.6 Å². The summed E-state index contributed by atoms with van der Waals surface area (Å²) in [7, 11) is 0. The van der Waals surface area contributed by atoms with E-state index in [2.05, 4.69) is 15.1 Å². The van der Waals surface area contributed by atoms with Crippen molar-refractivity contribution in [1.82, 2.24) is 9.97 Å². The highest BCUT2D eigenvalue weighted by Crippen LogP contribution is 2.27. The number of oxime groups is 1. The molecular weight excluding hydrogens is 318 g/mol. The summed E-state index contributed by atoms with van der Waals surface area (Å²) in [6.07, 6.45) is 1.15. The van der Waals surface area contributed by atoms with Gasteiger partial charge >= 0.3 is 0 Å². The van der Waals surface area contributed by atoms with Gasteiger partial charge in [-0.15, -0.1) is 0 Å². The molecule has 0 spiro atoms. The van der Waals surface area contributed by atoms with Gasteiger partial charge in [0.25, 0.3) is 5.56 Å². The fourth-order valence-corrected chi connectivity index (χ4v) is 2.76. The van der Waals surface area contributed by atoms with Crippen molar-refractivity contribution in [3.8, 4) is 11.5 Å². The molecule has 4 rings (SSSR count). The zero-order chi connectivity index (χ0) is 17.2. The number of fused-ring (bicyclic) bond motifs is 1. The first kappa shape index (κ1) is 15.4. The number of hydrogen-bond acceptors (Lipinski definition) is 5. The predicted octanol–water partition coefficient (Wildman–Crippen LogP) is 3.94. The summed E-state index contributed by atoms with van der Waals surface area (Å²) >= 11 is 0. The Hall–Kier alpha value is -3.15. The van der Waals surface area contributed by atoms with Crippen molar-refractivity contribution in [2.45, 2.75) is 25.9 Å². The summed E-state index contributed by atoms with van der Waals surface area (Å²) in [5.41, 5.74) is 1.36.